The van der Waals surface area contributed by atoms with Crippen molar-refractivity contribution in [2.45, 2.75) is 0 Å². The Kier molecular flexibility index (Phi) is 2.90. The summed E-state index contributed by atoms with van der Waals surface area (Å²) in [7, 11) is 0. The van der Waals surface area contributed by atoms with Gasteiger partial charge in [0.05, 0.1) is 5.69 Å². The number of hydrogen-bond donors (Lipinski definition) is 4. The van der Waals surface area contributed by atoms with Crippen molar-refractivity contribution in [3.63, 3.8) is 0 Å². The third-order valence-corrected chi connectivity index (χ3v) is 3.90. The van der Waals surface area contributed by atoms with Gasteiger partial charge in [-0.05, 0) is 36.4 Å². The molecule has 0 aliphatic carbocycles. The number of hydrogen-bond acceptors (Lipinski definition) is 4. The molecule has 0 saturated carbocycles. The van der Waals surface area contributed by atoms with Crippen LogP contribution in [0.1, 0.15) is 5.56 Å². The van der Waals surface area contributed by atoms with Gasteiger partial charge in [-0.15, -0.1) is 0 Å². The van der Waals surface area contributed by atoms with E-state index in [-0.39, 0.29) is 11.6 Å². The molecule has 0 atom stereocenters. The van der Waals surface area contributed by atoms with Crippen LogP contribution in [0.3, 0.4) is 0 Å². The molecule has 0 radical (unpaired) electrons. The number of aromatic nitrogens is 1. The van der Waals surface area contributed by atoms with E-state index >= 15 is 0 Å². The topological polar surface area (TPSA) is 104 Å². The van der Waals surface area contributed by atoms with Crippen LogP contribution in [0.2, 0.25) is 0 Å². The van der Waals surface area contributed by atoms with Crippen LogP contribution in [-0.2, 0) is 0 Å². The molecule has 0 spiro atoms. The highest BCUT2D eigenvalue weighted by molar-refractivity contribution is 5.99. The normalized spacial score (nSPS) is 13.2. The minimum absolute atomic E-state index is 0.0248. The molecule has 2 aromatic carbocycles. The Morgan fingerprint density at radius 3 is 2.78 bits per heavy atom. The average molecular weight is 309 g/mol. The molecule has 1 aromatic heterocycles. The quantitative estimate of drug-likeness (QED) is 0.431. The van der Waals surface area contributed by atoms with E-state index in [0.717, 1.165) is 16.6 Å². The fourth-order valence-electron chi connectivity index (χ4n) is 2.76. The van der Waals surface area contributed by atoms with Crippen LogP contribution in [0.5, 0.6) is 17.2 Å². The molecule has 0 fully saturated rings. The van der Waals surface area contributed by atoms with Crippen LogP contribution in [0.15, 0.2) is 36.4 Å². The standard InChI is InChI=1S/C17H15N3O3/c18-17(19)9-1-3-12-10(7-9)8-13(20-12)11-2-4-14-16(15(11)21)23-6-5-22-14/h1-4,7-8,20-21H,5-6H2,(H3,18,19). The van der Waals surface area contributed by atoms with E-state index in [9.17, 15) is 5.11 Å². The number of aromatic amines is 1. The molecule has 6 nitrogen and oxygen atoms in total. The zero-order valence-electron chi connectivity index (χ0n) is 12.2. The summed E-state index contributed by atoms with van der Waals surface area (Å²) in [5, 5.41) is 18.9. The third kappa shape index (κ3) is 2.15. The van der Waals surface area contributed by atoms with Crippen molar-refractivity contribution in [1.29, 1.82) is 5.41 Å². The Bertz CT molecular complexity index is 930. The van der Waals surface area contributed by atoms with Crippen molar-refractivity contribution >= 4 is 16.7 Å². The van der Waals surface area contributed by atoms with Crippen LogP contribution in [-0.4, -0.2) is 29.1 Å². The van der Waals surface area contributed by atoms with Gasteiger partial charge >= 0.3 is 0 Å². The number of aromatic hydroxyl groups is 1. The summed E-state index contributed by atoms with van der Waals surface area (Å²) in [6, 6.07) is 11.0. The van der Waals surface area contributed by atoms with E-state index in [2.05, 4.69) is 4.98 Å². The monoisotopic (exact) mass is 309 g/mol. The van der Waals surface area contributed by atoms with Crippen LogP contribution in [0, 0.1) is 5.41 Å². The van der Waals surface area contributed by atoms with Crippen molar-refractivity contribution in [3.05, 3.63) is 42.0 Å². The van der Waals surface area contributed by atoms with E-state index in [1.807, 2.05) is 18.2 Å². The lowest BCUT2D eigenvalue weighted by Crippen LogP contribution is -2.15. The number of H-pyrrole nitrogens is 1. The largest absolute Gasteiger partial charge is 0.504 e. The summed E-state index contributed by atoms with van der Waals surface area (Å²) in [4.78, 5) is 3.26. The molecule has 4 rings (SSSR count). The molecular formula is C17H15N3O3. The van der Waals surface area contributed by atoms with Crippen molar-refractivity contribution in [2.75, 3.05) is 13.2 Å². The molecule has 5 N–H and O–H groups in total. The number of nitrogens with one attached hydrogen (secondary N) is 2. The lowest BCUT2D eigenvalue weighted by molar-refractivity contribution is 0.166. The van der Waals surface area contributed by atoms with E-state index in [1.54, 1.807) is 18.2 Å². The number of phenolic OH excluding ortho intramolecular Hbond substituents is 1. The van der Waals surface area contributed by atoms with Crippen molar-refractivity contribution in [2.24, 2.45) is 5.73 Å². The fraction of sp³-hybridized carbons (Fsp3) is 0.118. The second-order valence-corrected chi connectivity index (χ2v) is 5.38. The Morgan fingerprint density at radius 1 is 1.13 bits per heavy atom. The molecule has 0 unspecified atom stereocenters. The van der Waals surface area contributed by atoms with Gasteiger partial charge < -0.3 is 25.3 Å². The van der Waals surface area contributed by atoms with Gasteiger partial charge in [-0.2, -0.15) is 0 Å². The van der Waals surface area contributed by atoms with Gasteiger partial charge in [-0.25, -0.2) is 0 Å². The lowest BCUT2D eigenvalue weighted by atomic mass is 10.1. The molecule has 23 heavy (non-hydrogen) atoms. The molecule has 0 amide bonds. The summed E-state index contributed by atoms with van der Waals surface area (Å²) in [6.45, 7) is 0.894. The van der Waals surface area contributed by atoms with Crippen molar-refractivity contribution in [1.82, 2.24) is 4.98 Å². The van der Waals surface area contributed by atoms with E-state index in [0.29, 0.717) is 35.8 Å². The van der Waals surface area contributed by atoms with Gasteiger partial charge in [0.1, 0.15) is 19.0 Å². The predicted molar refractivity (Wildman–Crippen MR) is 87.4 cm³/mol. The summed E-state index contributed by atoms with van der Waals surface area (Å²) in [5.41, 5.74) is 8.48. The molecule has 1 aliphatic heterocycles. The number of phenols is 1. The van der Waals surface area contributed by atoms with Crippen LogP contribution in [0.25, 0.3) is 22.2 Å². The molecule has 116 valence electrons. The van der Waals surface area contributed by atoms with Crippen molar-refractivity contribution in [3.8, 4) is 28.5 Å². The molecule has 3 aromatic rings. The highest BCUT2D eigenvalue weighted by Crippen LogP contribution is 2.45. The molecule has 0 bridgehead atoms. The number of fused-ring (bicyclic) bond motifs is 2. The van der Waals surface area contributed by atoms with Crippen LogP contribution < -0.4 is 15.2 Å². The third-order valence-electron chi connectivity index (χ3n) is 3.90. The Balaban J connectivity index is 1.84. The van der Waals surface area contributed by atoms with Crippen LogP contribution in [0.4, 0.5) is 0 Å². The highest BCUT2D eigenvalue weighted by atomic mass is 16.6. The molecule has 1 aliphatic rings. The molecule has 6 heteroatoms. The first-order valence-corrected chi connectivity index (χ1v) is 7.22. The SMILES string of the molecule is N=C(N)c1ccc2[nH]c(-c3ccc4c(c3O)OCCO4)cc2c1. The van der Waals surface area contributed by atoms with Gasteiger partial charge in [-0.3, -0.25) is 5.41 Å². The van der Waals surface area contributed by atoms with Crippen LogP contribution >= 0.6 is 0 Å². The summed E-state index contributed by atoms with van der Waals surface area (Å²) in [6.07, 6.45) is 0. The second kappa shape index (κ2) is 4.95. The minimum Gasteiger partial charge on any atom is -0.504 e. The highest BCUT2D eigenvalue weighted by Gasteiger charge is 2.20. The fourth-order valence-corrected chi connectivity index (χ4v) is 2.76. The zero-order chi connectivity index (χ0) is 16.0. The van der Waals surface area contributed by atoms with Gasteiger partial charge in [0, 0.05) is 22.0 Å². The maximum absolute atomic E-state index is 10.5. The number of benzene rings is 2. The average Bonchev–Trinajstić information content (AvgIpc) is 2.98. The Morgan fingerprint density at radius 2 is 1.96 bits per heavy atom. The smallest absolute Gasteiger partial charge is 0.204 e. The number of amidine groups is 1. The van der Waals surface area contributed by atoms with Gasteiger partial charge in [-0.1, -0.05) is 0 Å². The lowest BCUT2D eigenvalue weighted by Gasteiger charge is -2.20. The maximum Gasteiger partial charge on any atom is 0.204 e. The predicted octanol–water partition coefficient (Wildman–Crippen LogP) is 2.60. The zero-order valence-corrected chi connectivity index (χ0v) is 12.2. The first kappa shape index (κ1) is 13.5. The van der Waals surface area contributed by atoms with E-state index in [4.69, 9.17) is 20.6 Å². The molecule has 0 saturated heterocycles. The summed E-state index contributed by atoms with van der Waals surface area (Å²) >= 11 is 0. The first-order valence-electron chi connectivity index (χ1n) is 7.22. The summed E-state index contributed by atoms with van der Waals surface area (Å²) in [5.74, 6) is 1.00. The number of rotatable bonds is 2. The summed E-state index contributed by atoms with van der Waals surface area (Å²) < 4.78 is 11.0. The van der Waals surface area contributed by atoms with Gasteiger partial charge in [0.15, 0.2) is 11.5 Å². The Labute approximate surface area is 132 Å². The Hall–Kier alpha value is -3.15. The number of ether oxygens (including phenoxy) is 2. The number of nitrogen functional groups attached to an aromatic ring is 1. The molecule has 2 heterocycles. The second-order valence-electron chi connectivity index (χ2n) is 5.38. The van der Waals surface area contributed by atoms with Gasteiger partial charge in [0.2, 0.25) is 5.75 Å². The van der Waals surface area contributed by atoms with E-state index in [1.165, 1.54) is 0 Å². The maximum atomic E-state index is 10.5. The van der Waals surface area contributed by atoms with E-state index < -0.39 is 0 Å². The van der Waals surface area contributed by atoms with Gasteiger partial charge in [0.25, 0.3) is 0 Å². The molecular weight excluding hydrogens is 294 g/mol. The van der Waals surface area contributed by atoms with Crippen molar-refractivity contribution < 1.29 is 14.6 Å². The minimum atomic E-state index is 0.0248. The first-order chi connectivity index (χ1) is 11.1. The number of nitrogens with two attached hydrogens (primary N) is 1.